The number of likely N-dealkylation sites (tertiary alicyclic amines) is 1. The predicted octanol–water partition coefficient (Wildman–Crippen LogP) is 7.11. The average Bonchev–Trinajstić information content (AvgIpc) is 3.39. The van der Waals surface area contributed by atoms with Crippen LogP contribution in [0.3, 0.4) is 0 Å². The number of fused-ring (bicyclic) bond motifs is 2. The fraction of sp³-hybridized carbons (Fsp3) is 0.545. The van der Waals surface area contributed by atoms with Gasteiger partial charge in [0, 0.05) is 48.5 Å². The molecule has 214 valence electrons. The van der Waals surface area contributed by atoms with Crippen LogP contribution in [-0.4, -0.2) is 62.4 Å². The molecule has 0 amide bonds. The Morgan fingerprint density at radius 1 is 0.950 bits per heavy atom. The normalized spacial score (nSPS) is 18.5. The third-order valence-electron chi connectivity index (χ3n) is 8.91. The highest BCUT2D eigenvalue weighted by Crippen LogP contribution is 2.40. The van der Waals surface area contributed by atoms with Crippen molar-refractivity contribution in [2.75, 3.05) is 56.7 Å². The van der Waals surface area contributed by atoms with Crippen LogP contribution in [0.2, 0.25) is 5.02 Å². The number of aromatic nitrogens is 1. The van der Waals surface area contributed by atoms with Crippen molar-refractivity contribution in [2.24, 2.45) is 0 Å². The maximum absolute atomic E-state index is 6.51. The third-order valence-corrected chi connectivity index (χ3v) is 9.23. The number of methoxy groups -OCH3 is 1. The highest BCUT2D eigenvalue weighted by molar-refractivity contribution is 6.33. The molecule has 0 bridgehead atoms. The van der Waals surface area contributed by atoms with Gasteiger partial charge in [0.15, 0.2) is 11.5 Å². The van der Waals surface area contributed by atoms with Gasteiger partial charge in [-0.05, 0) is 94.6 Å². The molecule has 2 saturated heterocycles. The molecule has 0 radical (unpaired) electrons. The summed E-state index contributed by atoms with van der Waals surface area (Å²) in [6.07, 6.45) is 11.6. The summed E-state index contributed by atoms with van der Waals surface area (Å²) in [6.45, 7) is 6.23. The molecule has 40 heavy (non-hydrogen) atoms. The maximum atomic E-state index is 6.51. The summed E-state index contributed by atoms with van der Waals surface area (Å²) in [7, 11) is 1.74. The van der Waals surface area contributed by atoms with Crippen molar-refractivity contribution in [1.82, 2.24) is 9.88 Å². The molecule has 0 atom stereocenters. The van der Waals surface area contributed by atoms with Crippen LogP contribution in [0, 0.1) is 0 Å². The average molecular weight is 563 g/mol. The number of hydrogen-bond acceptors (Lipinski definition) is 6. The van der Waals surface area contributed by atoms with Crippen LogP contribution in [0.5, 0.6) is 11.5 Å². The zero-order valence-electron chi connectivity index (χ0n) is 23.9. The number of anilines is 2. The Hall–Kier alpha value is -2.70. The fourth-order valence-electron chi connectivity index (χ4n) is 6.70. The lowest BCUT2D eigenvalue weighted by Crippen LogP contribution is -2.39. The number of hydrogen-bond donors (Lipinski definition) is 1. The summed E-state index contributed by atoms with van der Waals surface area (Å²) in [6, 6.07) is 12.9. The van der Waals surface area contributed by atoms with E-state index in [-0.39, 0.29) is 0 Å². The zero-order chi connectivity index (χ0) is 27.3. The second kappa shape index (κ2) is 12.9. The van der Waals surface area contributed by atoms with Crippen LogP contribution < -0.4 is 19.7 Å². The Morgan fingerprint density at radius 2 is 1.75 bits per heavy atom. The Bertz CT molecular complexity index is 1300. The van der Waals surface area contributed by atoms with Gasteiger partial charge < -0.3 is 24.6 Å². The van der Waals surface area contributed by atoms with E-state index in [0.717, 1.165) is 84.9 Å². The Labute approximate surface area is 244 Å². The molecule has 0 unspecified atom stereocenters. The van der Waals surface area contributed by atoms with E-state index in [0.29, 0.717) is 12.6 Å². The molecule has 0 spiro atoms. The molecule has 3 aromatic rings. The Balaban J connectivity index is 1.23. The number of pyridine rings is 1. The number of aryl methyl sites for hydroxylation is 1. The van der Waals surface area contributed by atoms with Crippen LogP contribution in [0.25, 0.3) is 10.9 Å². The number of halogens is 1. The van der Waals surface area contributed by atoms with Crippen LogP contribution in [0.1, 0.15) is 62.6 Å². The molecule has 1 aliphatic carbocycles. The topological polar surface area (TPSA) is 49.9 Å². The molecule has 3 heterocycles. The lowest BCUT2D eigenvalue weighted by Gasteiger charge is -2.35. The van der Waals surface area contributed by atoms with Gasteiger partial charge in [-0.25, -0.2) is 0 Å². The van der Waals surface area contributed by atoms with E-state index in [1.54, 1.807) is 7.11 Å². The van der Waals surface area contributed by atoms with Crippen LogP contribution in [0.15, 0.2) is 36.4 Å². The minimum absolute atomic E-state index is 0.407. The molecule has 0 saturated carbocycles. The van der Waals surface area contributed by atoms with Crippen LogP contribution >= 0.6 is 11.6 Å². The molecule has 2 aliphatic heterocycles. The van der Waals surface area contributed by atoms with Crippen LogP contribution in [0.4, 0.5) is 11.4 Å². The monoisotopic (exact) mass is 562 g/mol. The number of ether oxygens (including phenoxy) is 2. The van der Waals surface area contributed by atoms with Crippen LogP contribution in [-0.2, 0) is 12.8 Å². The summed E-state index contributed by atoms with van der Waals surface area (Å²) >= 11 is 6.51. The molecule has 1 N–H and O–H groups in total. The van der Waals surface area contributed by atoms with Gasteiger partial charge in [0.25, 0.3) is 0 Å². The van der Waals surface area contributed by atoms with E-state index in [9.17, 15) is 0 Å². The van der Waals surface area contributed by atoms with Crippen molar-refractivity contribution in [3.05, 3.63) is 52.7 Å². The van der Waals surface area contributed by atoms with Gasteiger partial charge in [0.2, 0.25) is 0 Å². The first-order chi connectivity index (χ1) is 19.7. The first-order valence-electron chi connectivity index (χ1n) is 15.3. The highest BCUT2D eigenvalue weighted by Gasteiger charge is 2.25. The smallest absolute Gasteiger partial charge is 0.163 e. The Morgan fingerprint density at radius 3 is 2.55 bits per heavy atom. The second-order valence-electron chi connectivity index (χ2n) is 11.6. The molecule has 1 aromatic heterocycles. The maximum Gasteiger partial charge on any atom is 0.163 e. The minimum atomic E-state index is 0.407. The third kappa shape index (κ3) is 6.13. The van der Waals surface area contributed by atoms with Crippen molar-refractivity contribution in [1.29, 1.82) is 0 Å². The van der Waals surface area contributed by atoms with Gasteiger partial charge in [-0.15, -0.1) is 0 Å². The first kappa shape index (κ1) is 27.5. The SMILES string of the molecule is COc1cc2c(NC3CCN(c4ccccc4Cl)CC3)c3c(nc2cc1OCCCN1CCCC1)CCCCC3. The second-order valence-corrected chi connectivity index (χ2v) is 12.0. The number of nitrogens with one attached hydrogen (secondary N) is 1. The molecule has 2 aromatic carbocycles. The van der Waals surface area contributed by atoms with Gasteiger partial charge >= 0.3 is 0 Å². The van der Waals surface area contributed by atoms with Crippen molar-refractivity contribution in [2.45, 2.75) is 70.3 Å². The number of benzene rings is 2. The van der Waals surface area contributed by atoms with Gasteiger partial charge in [-0.3, -0.25) is 4.98 Å². The van der Waals surface area contributed by atoms with Gasteiger partial charge in [0.05, 0.1) is 29.9 Å². The summed E-state index contributed by atoms with van der Waals surface area (Å²) in [5.41, 5.74) is 6.07. The fourth-order valence-corrected chi connectivity index (χ4v) is 6.95. The largest absolute Gasteiger partial charge is 0.493 e. The molecule has 2 fully saturated rings. The standard InChI is InChI=1S/C33H43ClN4O2/c1-39-31-22-26-29(23-32(31)40-21-9-18-37-16-7-8-17-37)36-28-12-4-2-3-10-25(28)33(26)35-24-14-19-38(20-15-24)30-13-6-5-11-27(30)34/h5-6,11,13,22-24H,2-4,7-10,12,14-21H2,1H3,(H,35,36). The van der Waals surface area contributed by atoms with E-state index in [2.05, 4.69) is 39.4 Å². The summed E-state index contributed by atoms with van der Waals surface area (Å²) in [5.74, 6) is 1.59. The highest BCUT2D eigenvalue weighted by atomic mass is 35.5. The number of nitrogens with zero attached hydrogens (tertiary/aromatic N) is 3. The number of para-hydroxylation sites is 1. The first-order valence-corrected chi connectivity index (χ1v) is 15.7. The Kier molecular flexibility index (Phi) is 8.83. The van der Waals surface area contributed by atoms with Gasteiger partial charge in [-0.2, -0.15) is 0 Å². The van der Waals surface area contributed by atoms with Gasteiger partial charge in [-0.1, -0.05) is 30.2 Å². The molecular weight excluding hydrogens is 520 g/mol. The van der Waals surface area contributed by atoms with Crippen molar-refractivity contribution in [3.8, 4) is 11.5 Å². The number of piperidine rings is 1. The van der Waals surface area contributed by atoms with E-state index < -0.39 is 0 Å². The minimum Gasteiger partial charge on any atom is -0.493 e. The summed E-state index contributed by atoms with van der Waals surface area (Å²) < 4.78 is 12.2. The van der Waals surface area contributed by atoms with Crippen molar-refractivity contribution >= 4 is 33.9 Å². The van der Waals surface area contributed by atoms with Crippen molar-refractivity contribution in [3.63, 3.8) is 0 Å². The molecule has 7 heteroatoms. The predicted molar refractivity (Wildman–Crippen MR) is 166 cm³/mol. The number of rotatable bonds is 9. The molecule has 3 aliphatic rings. The van der Waals surface area contributed by atoms with Gasteiger partial charge in [0.1, 0.15) is 0 Å². The molecular formula is C33H43ClN4O2. The van der Waals surface area contributed by atoms with E-state index >= 15 is 0 Å². The van der Waals surface area contributed by atoms with E-state index in [4.69, 9.17) is 26.1 Å². The van der Waals surface area contributed by atoms with Crippen molar-refractivity contribution < 1.29 is 9.47 Å². The van der Waals surface area contributed by atoms with E-state index in [1.807, 2.05) is 12.1 Å². The lowest BCUT2D eigenvalue weighted by molar-refractivity contribution is 0.254. The zero-order valence-corrected chi connectivity index (χ0v) is 24.6. The lowest BCUT2D eigenvalue weighted by atomic mass is 9.98. The summed E-state index contributed by atoms with van der Waals surface area (Å²) in [4.78, 5) is 10.2. The van der Waals surface area contributed by atoms with E-state index in [1.165, 1.54) is 62.1 Å². The molecule has 6 nitrogen and oxygen atoms in total. The summed E-state index contributed by atoms with van der Waals surface area (Å²) in [5, 5.41) is 6.00. The molecule has 6 rings (SSSR count). The quantitative estimate of drug-likeness (QED) is 0.221.